The van der Waals surface area contributed by atoms with Crippen molar-refractivity contribution >= 4 is 27.2 Å². The number of rotatable bonds is 6. The average molecular weight is 423 g/mol. The van der Waals surface area contributed by atoms with Crippen LogP contribution in [0.5, 0.6) is 0 Å². The molecule has 152 valence electrons. The summed E-state index contributed by atoms with van der Waals surface area (Å²) in [4.78, 5) is 30.2. The van der Waals surface area contributed by atoms with E-state index in [-0.39, 0.29) is 23.6 Å². The van der Waals surface area contributed by atoms with E-state index in [1.165, 1.54) is 35.6 Å². The van der Waals surface area contributed by atoms with Crippen molar-refractivity contribution in [1.82, 2.24) is 9.55 Å². The highest BCUT2D eigenvalue weighted by Crippen LogP contribution is 2.23. The zero-order valence-corrected chi connectivity index (χ0v) is 17.0. The van der Waals surface area contributed by atoms with E-state index in [0.29, 0.717) is 28.0 Å². The van der Waals surface area contributed by atoms with Crippen molar-refractivity contribution in [2.45, 2.75) is 26.3 Å². The van der Waals surface area contributed by atoms with Gasteiger partial charge >= 0.3 is 0 Å². The fraction of sp³-hybridized carbons (Fsp3) is 0.182. The van der Waals surface area contributed by atoms with E-state index in [4.69, 9.17) is 4.98 Å². The van der Waals surface area contributed by atoms with Gasteiger partial charge in [0.05, 0.1) is 16.9 Å². The van der Waals surface area contributed by atoms with Gasteiger partial charge in [-0.05, 0) is 35.7 Å². The second kappa shape index (κ2) is 8.16. The molecule has 2 aromatic carbocycles. The third-order valence-electron chi connectivity index (χ3n) is 4.87. The van der Waals surface area contributed by atoms with E-state index >= 15 is 0 Å². The quantitative estimate of drug-likeness (QED) is 0.332. The van der Waals surface area contributed by atoms with E-state index in [2.05, 4.69) is 0 Å². The molecule has 0 fully saturated rings. The van der Waals surface area contributed by atoms with Crippen molar-refractivity contribution in [3.63, 3.8) is 0 Å². The summed E-state index contributed by atoms with van der Waals surface area (Å²) in [7, 11) is 0. The molecule has 0 amide bonds. The highest BCUT2D eigenvalue weighted by Gasteiger charge is 2.15. The van der Waals surface area contributed by atoms with Crippen LogP contribution in [0.1, 0.15) is 28.8 Å². The fourth-order valence-electron chi connectivity index (χ4n) is 3.32. The summed E-state index contributed by atoms with van der Waals surface area (Å²) in [6.45, 7) is 2.22. The van der Waals surface area contributed by atoms with Crippen LogP contribution in [0, 0.1) is 15.9 Å². The molecule has 0 spiro atoms. The summed E-state index contributed by atoms with van der Waals surface area (Å²) in [6, 6.07) is 14.2. The van der Waals surface area contributed by atoms with Crippen LogP contribution in [0.15, 0.2) is 59.4 Å². The molecular formula is C22H18FN3O3S. The molecule has 8 heteroatoms. The molecule has 0 bridgehead atoms. The van der Waals surface area contributed by atoms with Gasteiger partial charge in [0.2, 0.25) is 0 Å². The minimum Gasteiger partial charge on any atom is -0.291 e. The van der Waals surface area contributed by atoms with Crippen LogP contribution in [-0.4, -0.2) is 14.5 Å². The second-order valence-corrected chi connectivity index (χ2v) is 8.05. The summed E-state index contributed by atoms with van der Waals surface area (Å²) >= 11 is 1.49. The van der Waals surface area contributed by atoms with Crippen molar-refractivity contribution in [3.8, 4) is 0 Å². The van der Waals surface area contributed by atoms with Gasteiger partial charge in [-0.15, -0.1) is 11.3 Å². The van der Waals surface area contributed by atoms with Gasteiger partial charge in [-0.2, -0.15) is 0 Å². The normalized spacial score (nSPS) is 11.1. The largest absolute Gasteiger partial charge is 0.291 e. The van der Waals surface area contributed by atoms with Gasteiger partial charge in [0.15, 0.2) is 0 Å². The maximum atomic E-state index is 13.7. The molecule has 0 saturated carbocycles. The Morgan fingerprint density at radius 3 is 2.57 bits per heavy atom. The van der Waals surface area contributed by atoms with Gasteiger partial charge in [0.1, 0.15) is 16.5 Å². The van der Waals surface area contributed by atoms with Crippen LogP contribution in [0.25, 0.3) is 10.2 Å². The van der Waals surface area contributed by atoms with E-state index in [1.807, 2.05) is 13.0 Å². The zero-order valence-electron chi connectivity index (χ0n) is 16.2. The molecule has 4 aromatic rings. The predicted octanol–water partition coefficient (Wildman–Crippen LogP) is 4.71. The lowest BCUT2D eigenvalue weighted by Crippen LogP contribution is -2.25. The molecule has 0 atom stereocenters. The highest BCUT2D eigenvalue weighted by atomic mass is 32.1. The van der Waals surface area contributed by atoms with Gasteiger partial charge < -0.3 is 0 Å². The number of nitrogens with zero attached hydrogens (tertiary/aromatic N) is 3. The van der Waals surface area contributed by atoms with Gasteiger partial charge in [0, 0.05) is 23.4 Å². The van der Waals surface area contributed by atoms with Gasteiger partial charge in [0.25, 0.3) is 11.2 Å². The number of non-ortho nitro benzene ring substituents is 1. The molecule has 0 N–H and O–H groups in total. The number of aryl methyl sites for hydroxylation is 1. The molecule has 0 radical (unpaired) electrons. The Kier molecular flexibility index (Phi) is 5.41. The summed E-state index contributed by atoms with van der Waals surface area (Å²) in [5, 5.41) is 11.5. The summed E-state index contributed by atoms with van der Waals surface area (Å²) in [6.07, 6.45) is 1.14. The molecule has 0 unspecified atom stereocenters. The number of hydrogen-bond donors (Lipinski definition) is 0. The molecule has 2 aromatic heterocycles. The van der Waals surface area contributed by atoms with E-state index in [0.717, 1.165) is 16.9 Å². The molecular weight excluding hydrogens is 405 g/mol. The smallest absolute Gasteiger partial charge is 0.269 e. The lowest BCUT2D eigenvalue weighted by atomic mass is 10.1. The third kappa shape index (κ3) is 3.99. The lowest BCUT2D eigenvalue weighted by molar-refractivity contribution is -0.384. The Balaban J connectivity index is 1.81. The van der Waals surface area contributed by atoms with Crippen LogP contribution in [0.3, 0.4) is 0 Å². The summed E-state index contributed by atoms with van der Waals surface area (Å²) in [5.41, 5.74) is 1.29. The van der Waals surface area contributed by atoms with Crippen LogP contribution >= 0.6 is 11.3 Å². The molecule has 6 nitrogen and oxygen atoms in total. The molecule has 2 heterocycles. The van der Waals surface area contributed by atoms with E-state index < -0.39 is 4.92 Å². The summed E-state index contributed by atoms with van der Waals surface area (Å²) in [5.74, 6) is 0.172. The fourth-order valence-corrected chi connectivity index (χ4v) is 4.29. The predicted molar refractivity (Wildman–Crippen MR) is 115 cm³/mol. The lowest BCUT2D eigenvalue weighted by Gasteiger charge is -2.13. The SMILES string of the molecule is CCc1cc2c(=O)n(Cc3cccc(F)c3)c(Cc3ccc([N+](=O)[O-])cc3)nc2s1. The number of nitro benzene ring substituents is 1. The van der Waals surface area contributed by atoms with E-state index in [1.54, 1.807) is 28.8 Å². The standard InChI is InChI=1S/C22H18FN3O3S/c1-2-18-12-19-21(30-18)24-20(11-14-6-8-17(9-7-14)26(28)29)25(22(19)27)13-15-4-3-5-16(23)10-15/h3-10,12H,2,11,13H2,1H3. The number of halogens is 1. The minimum atomic E-state index is -0.452. The Morgan fingerprint density at radius 1 is 1.13 bits per heavy atom. The number of fused-ring (bicyclic) bond motifs is 1. The van der Waals surface area contributed by atoms with Crippen molar-refractivity contribution in [2.24, 2.45) is 0 Å². The number of aromatic nitrogens is 2. The van der Waals surface area contributed by atoms with Crippen molar-refractivity contribution < 1.29 is 9.31 Å². The van der Waals surface area contributed by atoms with Gasteiger partial charge in [-0.1, -0.05) is 31.2 Å². The first-order valence-corrected chi connectivity index (χ1v) is 10.3. The maximum Gasteiger partial charge on any atom is 0.269 e. The monoisotopic (exact) mass is 423 g/mol. The molecule has 0 saturated heterocycles. The Morgan fingerprint density at radius 2 is 1.90 bits per heavy atom. The first-order valence-electron chi connectivity index (χ1n) is 9.44. The van der Waals surface area contributed by atoms with Gasteiger partial charge in [-0.3, -0.25) is 19.5 Å². The van der Waals surface area contributed by atoms with Crippen molar-refractivity contribution in [3.05, 3.63) is 103 Å². The Labute approximate surface area is 175 Å². The average Bonchev–Trinajstić information content (AvgIpc) is 3.15. The minimum absolute atomic E-state index is 0.00477. The number of nitro groups is 1. The first kappa shape index (κ1) is 19.9. The van der Waals surface area contributed by atoms with Crippen molar-refractivity contribution in [1.29, 1.82) is 0 Å². The molecule has 4 rings (SSSR count). The number of benzene rings is 2. The number of hydrogen-bond acceptors (Lipinski definition) is 5. The molecule has 30 heavy (non-hydrogen) atoms. The second-order valence-electron chi connectivity index (χ2n) is 6.93. The topological polar surface area (TPSA) is 78.0 Å². The van der Waals surface area contributed by atoms with Gasteiger partial charge in [-0.25, -0.2) is 9.37 Å². The number of thiophene rings is 1. The van der Waals surface area contributed by atoms with Crippen LogP contribution in [0.2, 0.25) is 0 Å². The Bertz CT molecular complexity index is 1300. The summed E-state index contributed by atoms with van der Waals surface area (Å²) < 4.78 is 15.2. The highest BCUT2D eigenvalue weighted by molar-refractivity contribution is 7.18. The molecule has 0 aliphatic carbocycles. The van der Waals surface area contributed by atoms with E-state index in [9.17, 15) is 19.3 Å². The maximum absolute atomic E-state index is 13.7. The first-order chi connectivity index (χ1) is 14.4. The third-order valence-corrected chi connectivity index (χ3v) is 6.04. The van der Waals surface area contributed by atoms with Crippen LogP contribution in [-0.2, 0) is 19.4 Å². The van der Waals surface area contributed by atoms with Crippen molar-refractivity contribution in [2.75, 3.05) is 0 Å². The Hall–Kier alpha value is -3.39. The zero-order chi connectivity index (χ0) is 21.3. The van der Waals surface area contributed by atoms with Crippen LogP contribution < -0.4 is 5.56 Å². The molecule has 0 aliphatic heterocycles. The van der Waals surface area contributed by atoms with Crippen LogP contribution in [0.4, 0.5) is 10.1 Å². The molecule has 0 aliphatic rings.